The fourth-order valence-electron chi connectivity index (χ4n) is 4.62. The number of aliphatic hydroxyl groups is 1. The molecule has 5 rings (SSSR count). The number of aliphatic hydroxyl groups excluding tert-OH is 1. The van der Waals surface area contributed by atoms with Gasteiger partial charge in [-0.1, -0.05) is 18.2 Å². The number of carbonyl (C=O) groups is 1. The number of aromatic nitrogens is 1. The Balaban J connectivity index is 0.00000320. The smallest absolute Gasteiger partial charge is 0.181 e. The summed E-state index contributed by atoms with van der Waals surface area (Å²) >= 11 is 0. The van der Waals surface area contributed by atoms with Gasteiger partial charge >= 0.3 is 0 Å². The number of nitrogens with one attached hydrogen (secondary N) is 1. The molecule has 8 nitrogen and oxygen atoms in total. The third-order valence-electron chi connectivity index (χ3n) is 6.85. The number of benzene rings is 2. The molecule has 1 atom stereocenters. The maximum Gasteiger partial charge on any atom is 0.181 e. The van der Waals surface area contributed by atoms with Gasteiger partial charge in [0.2, 0.25) is 0 Å². The van der Waals surface area contributed by atoms with E-state index in [2.05, 4.69) is 27.3 Å². The number of carbonyl (C=O) groups excluding carboxylic acids is 1. The van der Waals surface area contributed by atoms with E-state index < -0.39 is 6.10 Å². The van der Waals surface area contributed by atoms with Crippen molar-refractivity contribution in [2.75, 3.05) is 31.6 Å². The molecule has 2 N–H and O–H groups in total. The van der Waals surface area contributed by atoms with Crippen molar-refractivity contribution in [2.24, 2.45) is 0 Å². The van der Waals surface area contributed by atoms with Crippen LogP contribution in [0.5, 0.6) is 5.75 Å². The summed E-state index contributed by atoms with van der Waals surface area (Å²) < 4.78 is 16.4. The zero-order valence-electron chi connectivity index (χ0n) is 21.1. The number of hydrogen-bond donors (Lipinski definition) is 2. The van der Waals surface area contributed by atoms with Crippen molar-refractivity contribution in [3.8, 4) is 5.75 Å². The molecule has 37 heavy (non-hydrogen) atoms. The van der Waals surface area contributed by atoms with E-state index in [0.717, 1.165) is 42.4 Å². The van der Waals surface area contributed by atoms with Gasteiger partial charge in [-0.15, -0.1) is 0 Å². The van der Waals surface area contributed by atoms with Crippen LogP contribution in [-0.2, 0) is 24.3 Å². The third kappa shape index (κ3) is 7.13. The van der Waals surface area contributed by atoms with E-state index in [-0.39, 0.29) is 19.3 Å². The highest BCUT2D eigenvalue weighted by molar-refractivity contribution is 7.59. The van der Waals surface area contributed by atoms with Crippen LogP contribution in [0.4, 0.5) is 5.69 Å². The van der Waals surface area contributed by atoms with Gasteiger partial charge in [-0.05, 0) is 55.2 Å². The molecule has 0 aliphatic carbocycles. The molecule has 1 aromatic heterocycles. The van der Waals surface area contributed by atoms with Crippen LogP contribution < -0.4 is 10.1 Å². The summed E-state index contributed by atoms with van der Waals surface area (Å²) in [5.41, 5.74) is 4.96. The maximum absolute atomic E-state index is 12.7. The first-order chi connectivity index (χ1) is 17.5. The van der Waals surface area contributed by atoms with E-state index in [9.17, 15) is 9.90 Å². The molecule has 9 heteroatoms. The molecule has 1 fully saturated rings. The Kier molecular flexibility index (Phi) is 9.26. The van der Waals surface area contributed by atoms with Crippen LogP contribution in [0.2, 0.25) is 0 Å². The molecule has 2 aliphatic heterocycles. The highest BCUT2D eigenvalue weighted by Gasteiger charge is 2.21. The van der Waals surface area contributed by atoms with Gasteiger partial charge in [-0.2, -0.15) is 13.5 Å². The van der Waals surface area contributed by atoms with Gasteiger partial charge < -0.3 is 24.3 Å². The Morgan fingerprint density at radius 2 is 2.11 bits per heavy atom. The summed E-state index contributed by atoms with van der Waals surface area (Å²) in [5, 5.41) is 14.0. The van der Waals surface area contributed by atoms with Crippen molar-refractivity contribution in [3.05, 3.63) is 77.0 Å². The zero-order chi connectivity index (χ0) is 24.9. The minimum absolute atomic E-state index is 0. The summed E-state index contributed by atoms with van der Waals surface area (Å²) in [5.74, 6) is 1.61. The Labute approximate surface area is 224 Å². The number of rotatable bonds is 11. The number of hydrogen-bond acceptors (Lipinski definition) is 8. The standard InChI is InChI=1S/C28H33N3O5.H2S/c1-19-28(36-18-29-19)17-35-26-7-5-22-13-31(10-9-20(22)12-26)14-25(32)6-8-27(33)21-3-2-4-23(11-21)30-24-15-34-16-24;/h2-5,7,11-12,18,24-25,30,32H,6,8-10,13-17H2,1H3;1H2/t25-;/m0./s1. The van der Waals surface area contributed by atoms with Gasteiger partial charge in [0.15, 0.2) is 17.9 Å². The summed E-state index contributed by atoms with van der Waals surface area (Å²) in [6.45, 7) is 5.85. The second-order valence-corrected chi connectivity index (χ2v) is 9.64. The predicted molar refractivity (Wildman–Crippen MR) is 146 cm³/mol. The highest BCUT2D eigenvalue weighted by Crippen LogP contribution is 2.25. The molecule has 198 valence electrons. The van der Waals surface area contributed by atoms with E-state index in [1.165, 1.54) is 17.5 Å². The number of aryl methyl sites for hydroxylation is 1. The average Bonchev–Trinajstić information content (AvgIpc) is 3.28. The summed E-state index contributed by atoms with van der Waals surface area (Å²) in [7, 11) is 0. The van der Waals surface area contributed by atoms with Gasteiger partial charge in [0.25, 0.3) is 0 Å². The zero-order valence-corrected chi connectivity index (χ0v) is 22.1. The first-order valence-corrected chi connectivity index (χ1v) is 12.5. The molecule has 0 amide bonds. The Hall–Kier alpha value is -2.85. The number of ketones is 1. The summed E-state index contributed by atoms with van der Waals surface area (Å²) in [6.07, 6.45) is 2.56. The third-order valence-corrected chi connectivity index (χ3v) is 6.85. The Morgan fingerprint density at radius 3 is 2.86 bits per heavy atom. The average molecular weight is 526 g/mol. The number of ether oxygens (including phenoxy) is 2. The van der Waals surface area contributed by atoms with Crippen molar-refractivity contribution in [2.45, 2.75) is 51.5 Å². The molecule has 0 spiro atoms. The summed E-state index contributed by atoms with van der Waals surface area (Å²) in [4.78, 5) is 19.0. The topological polar surface area (TPSA) is 97.1 Å². The van der Waals surface area contributed by atoms with Gasteiger partial charge in [-0.3, -0.25) is 9.69 Å². The lowest BCUT2D eigenvalue weighted by atomic mass is 9.98. The molecular weight excluding hydrogens is 490 g/mol. The Bertz CT molecular complexity index is 1200. The lowest BCUT2D eigenvalue weighted by Gasteiger charge is -2.30. The lowest BCUT2D eigenvalue weighted by molar-refractivity contribution is 0.0211. The van der Waals surface area contributed by atoms with Crippen molar-refractivity contribution < 1.29 is 23.8 Å². The van der Waals surface area contributed by atoms with Crippen molar-refractivity contribution in [1.82, 2.24) is 9.88 Å². The van der Waals surface area contributed by atoms with Crippen LogP contribution in [0.15, 0.2) is 53.3 Å². The molecule has 3 heterocycles. The number of nitrogens with zero attached hydrogens (tertiary/aromatic N) is 2. The van der Waals surface area contributed by atoms with Crippen LogP contribution in [0.25, 0.3) is 0 Å². The monoisotopic (exact) mass is 525 g/mol. The minimum Gasteiger partial charge on any atom is -0.486 e. The largest absolute Gasteiger partial charge is 0.486 e. The van der Waals surface area contributed by atoms with Crippen molar-refractivity contribution in [1.29, 1.82) is 0 Å². The summed E-state index contributed by atoms with van der Waals surface area (Å²) in [6, 6.07) is 14.1. The Morgan fingerprint density at radius 1 is 1.24 bits per heavy atom. The number of Topliss-reactive ketones (excluding diaryl/α,β-unsaturated/α-hetero) is 1. The second-order valence-electron chi connectivity index (χ2n) is 9.64. The van der Waals surface area contributed by atoms with Crippen LogP contribution >= 0.6 is 13.5 Å². The number of β-amino-alcohol motifs (C(OH)–C–C–N with tert-alkyl or cyclic N) is 1. The molecule has 0 bridgehead atoms. The molecule has 0 radical (unpaired) electrons. The van der Waals surface area contributed by atoms with Crippen LogP contribution in [0.1, 0.15) is 45.8 Å². The maximum atomic E-state index is 12.7. The first kappa shape index (κ1) is 27.2. The van der Waals surface area contributed by atoms with Crippen LogP contribution in [-0.4, -0.2) is 59.2 Å². The number of anilines is 1. The SMILES string of the molecule is Cc1ncoc1COc1ccc2c(c1)CCN(C[C@@H](O)CCC(=O)c1cccc(NC3COC3)c1)C2.S. The van der Waals surface area contributed by atoms with E-state index >= 15 is 0 Å². The van der Waals surface area contributed by atoms with Gasteiger partial charge in [-0.25, -0.2) is 4.98 Å². The highest BCUT2D eigenvalue weighted by atomic mass is 32.1. The minimum atomic E-state index is -0.545. The first-order valence-electron chi connectivity index (χ1n) is 12.5. The number of fused-ring (bicyclic) bond motifs is 1. The molecule has 0 unspecified atom stereocenters. The molecule has 2 aromatic carbocycles. The molecule has 0 saturated carbocycles. The quantitative estimate of drug-likeness (QED) is 0.364. The predicted octanol–water partition coefficient (Wildman–Crippen LogP) is 3.87. The van der Waals surface area contributed by atoms with E-state index in [1.54, 1.807) is 0 Å². The normalized spacial score (nSPS) is 16.3. The van der Waals surface area contributed by atoms with Crippen molar-refractivity contribution in [3.63, 3.8) is 0 Å². The lowest BCUT2D eigenvalue weighted by Crippen LogP contribution is -2.40. The van der Waals surface area contributed by atoms with Gasteiger partial charge in [0.05, 0.1) is 31.1 Å². The second kappa shape index (κ2) is 12.6. The molecule has 2 aliphatic rings. The van der Waals surface area contributed by atoms with Gasteiger partial charge in [0.1, 0.15) is 12.4 Å². The number of oxazole rings is 1. The van der Waals surface area contributed by atoms with Crippen LogP contribution in [0.3, 0.4) is 0 Å². The fraction of sp³-hybridized carbons (Fsp3) is 0.429. The van der Waals surface area contributed by atoms with Crippen molar-refractivity contribution >= 4 is 25.0 Å². The van der Waals surface area contributed by atoms with Gasteiger partial charge in [0, 0.05) is 37.3 Å². The molecular formula is C28H35N3O5S. The van der Waals surface area contributed by atoms with Crippen LogP contribution in [0, 0.1) is 6.92 Å². The molecule has 3 aromatic rings. The van der Waals surface area contributed by atoms with E-state index in [0.29, 0.717) is 50.8 Å². The fourth-order valence-corrected chi connectivity index (χ4v) is 4.62. The van der Waals surface area contributed by atoms with E-state index in [1.807, 2.05) is 37.3 Å². The van der Waals surface area contributed by atoms with E-state index in [4.69, 9.17) is 13.9 Å². The molecule has 1 saturated heterocycles.